The number of rotatable bonds is 9. The molecule has 0 aliphatic rings. The van der Waals surface area contributed by atoms with Gasteiger partial charge in [-0.3, -0.25) is 9.59 Å². The van der Waals surface area contributed by atoms with Crippen molar-refractivity contribution in [3.8, 4) is 5.75 Å². The van der Waals surface area contributed by atoms with E-state index in [-0.39, 0.29) is 11.8 Å². The summed E-state index contributed by atoms with van der Waals surface area (Å²) in [6, 6.07) is 15.3. The molecule has 0 unspecified atom stereocenters. The van der Waals surface area contributed by atoms with Gasteiger partial charge in [0.15, 0.2) is 0 Å². The van der Waals surface area contributed by atoms with Gasteiger partial charge in [-0.15, -0.1) is 0 Å². The Hall–Kier alpha value is -2.82. The quantitative estimate of drug-likeness (QED) is 0.674. The van der Waals surface area contributed by atoms with E-state index in [1.807, 2.05) is 62.4 Å². The number of hydrogen-bond donors (Lipinski definition) is 1. The molecule has 28 heavy (non-hydrogen) atoms. The maximum atomic E-state index is 12.8. The second-order valence-corrected chi connectivity index (χ2v) is 7.07. The van der Waals surface area contributed by atoms with Crippen molar-refractivity contribution in [3.05, 3.63) is 65.2 Å². The van der Waals surface area contributed by atoms with Crippen LogP contribution in [0, 0.1) is 13.8 Å². The molecule has 2 aromatic rings. The molecule has 0 saturated heterocycles. The van der Waals surface area contributed by atoms with Crippen LogP contribution in [0.3, 0.4) is 0 Å². The zero-order chi connectivity index (χ0) is 20.5. The van der Waals surface area contributed by atoms with Crippen molar-refractivity contribution in [2.45, 2.75) is 46.2 Å². The third kappa shape index (κ3) is 6.41. The normalized spacial score (nSPS) is 11.6. The molecule has 5 heteroatoms. The Morgan fingerprint density at radius 2 is 1.79 bits per heavy atom. The molecule has 0 fully saturated rings. The Kier molecular flexibility index (Phi) is 8.05. The van der Waals surface area contributed by atoms with Crippen LogP contribution in [0.1, 0.15) is 36.5 Å². The average molecular weight is 383 g/mol. The molecule has 0 heterocycles. The van der Waals surface area contributed by atoms with Gasteiger partial charge in [0.05, 0.1) is 6.61 Å². The van der Waals surface area contributed by atoms with E-state index in [0.29, 0.717) is 26.0 Å². The molecule has 1 atom stereocenters. The van der Waals surface area contributed by atoms with Gasteiger partial charge < -0.3 is 15.0 Å². The second-order valence-electron chi connectivity index (χ2n) is 7.07. The maximum Gasteiger partial charge on any atom is 0.242 e. The van der Waals surface area contributed by atoms with E-state index >= 15 is 0 Å². The van der Waals surface area contributed by atoms with Crippen molar-refractivity contribution in [3.63, 3.8) is 0 Å². The Labute approximate surface area is 167 Å². The topological polar surface area (TPSA) is 58.6 Å². The van der Waals surface area contributed by atoms with Crippen LogP contribution in [0.15, 0.2) is 48.5 Å². The number of hydrogen-bond acceptors (Lipinski definition) is 3. The van der Waals surface area contributed by atoms with Crippen LogP contribution in [0.25, 0.3) is 0 Å². The number of nitrogens with zero attached hydrogens (tertiary/aromatic N) is 1. The van der Waals surface area contributed by atoms with E-state index < -0.39 is 6.04 Å². The standard InChI is InChI=1S/C23H30N2O3/c1-17-10-12-21(13-11-17)28-14-6-9-22(26)25(19(3)23(27)24-4)16-20-8-5-7-18(2)15-20/h5,7-8,10-13,15,19H,6,9,14,16H2,1-4H3,(H,24,27)/t19-/m1/s1. The zero-order valence-electron chi connectivity index (χ0n) is 17.2. The Bertz CT molecular complexity index is 787. The molecule has 0 radical (unpaired) electrons. The summed E-state index contributed by atoms with van der Waals surface area (Å²) in [6.45, 7) is 6.67. The van der Waals surface area contributed by atoms with Crippen molar-refractivity contribution in [1.82, 2.24) is 10.2 Å². The van der Waals surface area contributed by atoms with Crippen LogP contribution in [-0.4, -0.2) is 36.4 Å². The highest BCUT2D eigenvalue weighted by molar-refractivity contribution is 5.87. The van der Waals surface area contributed by atoms with E-state index in [2.05, 4.69) is 5.32 Å². The number of nitrogens with one attached hydrogen (secondary N) is 1. The molecule has 0 aliphatic carbocycles. The minimum absolute atomic E-state index is 0.0508. The lowest BCUT2D eigenvalue weighted by Crippen LogP contribution is -2.46. The number of benzene rings is 2. The summed E-state index contributed by atoms with van der Waals surface area (Å²) in [7, 11) is 1.59. The van der Waals surface area contributed by atoms with Gasteiger partial charge in [0.25, 0.3) is 0 Å². The summed E-state index contributed by atoms with van der Waals surface area (Å²) in [6.07, 6.45) is 0.927. The van der Waals surface area contributed by atoms with Crippen molar-refractivity contribution >= 4 is 11.8 Å². The fourth-order valence-electron chi connectivity index (χ4n) is 2.99. The average Bonchev–Trinajstić information content (AvgIpc) is 2.69. The Morgan fingerprint density at radius 1 is 1.07 bits per heavy atom. The van der Waals surface area contributed by atoms with Crippen LogP contribution in [-0.2, 0) is 16.1 Å². The van der Waals surface area contributed by atoms with Gasteiger partial charge in [-0.05, 0) is 44.9 Å². The molecule has 0 bridgehead atoms. The van der Waals surface area contributed by atoms with E-state index in [9.17, 15) is 9.59 Å². The highest BCUT2D eigenvalue weighted by Gasteiger charge is 2.25. The molecule has 1 N–H and O–H groups in total. The van der Waals surface area contributed by atoms with Crippen molar-refractivity contribution in [2.24, 2.45) is 0 Å². The first-order valence-electron chi connectivity index (χ1n) is 9.66. The fraction of sp³-hybridized carbons (Fsp3) is 0.391. The van der Waals surface area contributed by atoms with Gasteiger partial charge in [-0.2, -0.15) is 0 Å². The molecular weight excluding hydrogens is 352 g/mol. The lowest BCUT2D eigenvalue weighted by atomic mass is 10.1. The fourth-order valence-corrected chi connectivity index (χ4v) is 2.99. The molecule has 0 spiro atoms. The van der Waals surface area contributed by atoms with Gasteiger partial charge >= 0.3 is 0 Å². The summed E-state index contributed by atoms with van der Waals surface area (Å²) in [4.78, 5) is 26.6. The van der Waals surface area contributed by atoms with Gasteiger partial charge in [-0.25, -0.2) is 0 Å². The number of carbonyl (C=O) groups excluding carboxylic acids is 2. The first-order chi connectivity index (χ1) is 13.4. The van der Waals surface area contributed by atoms with Crippen molar-refractivity contribution in [2.75, 3.05) is 13.7 Å². The lowest BCUT2D eigenvalue weighted by molar-refractivity contribution is -0.140. The highest BCUT2D eigenvalue weighted by atomic mass is 16.5. The first kappa shape index (κ1) is 21.5. The summed E-state index contributed by atoms with van der Waals surface area (Å²) in [5.74, 6) is 0.579. The lowest BCUT2D eigenvalue weighted by Gasteiger charge is -2.28. The summed E-state index contributed by atoms with van der Waals surface area (Å²) < 4.78 is 5.70. The zero-order valence-corrected chi connectivity index (χ0v) is 17.2. The third-order valence-electron chi connectivity index (χ3n) is 4.67. The van der Waals surface area contributed by atoms with Gasteiger partial charge in [0.2, 0.25) is 11.8 Å². The number of ether oxygens (including phenoxy) is 1. The number of amides is 2. The molecule has 0 saturated carbocycles. The number of likely N-dealkylation sites (N-methyl/N-ethyl adjacent to an activating group) is 1. The van der Waals surface area contributed by atoms with Crippen molar-refractivity contribution < 1.29 is 14.3 Å². The minimum atomic E-state index is -0.531. The van der Waals surface area contributed by atoms with E-state index in [0.717, 1.165) is 16.9 Å². The molecule has 150 valence electrons. The molecule has 2 rings (SSSR count). The molecule has 2 amide bonds. The maximum absolute atomic E-state index is 12.8. The molecule has 2 aromatic carbocycles. The Morgan fingerprint density at radius 3 is 2.43 bits per heavy atom. The van der Waals surface area contributed by atoms with Gasteiger partial charge in [0.1, 0.15) is 11.8 Å². The SMILES string of the molecule is CNC(=O)[C@@H](C)N(Cc1cccc(C)c1)C(=O)CCCOc1ccc(C)cc1. The second kappa shape index (κ2) is 10.5. The number of aryl methyl sites for hydroxylation is 2. The van der Waals surface area contributed by atoms with E-state index in [4.69, 9.17) is 4.74 Å². The predicted molar refractivity (Wildman–Crippen MR) is 111 cm³/mol. The van der Waals surface area contributed by atoms with Gasteiger partial charge in [0, 0.05) is 20.0 Å². The molecular formula is C23H30N2O3. The van der Waals surface area contributed by atoms with Crippen molar-refractivity contribution in [1.29, 1.82) is 0 Å². The van der Waals surface area contributed by atoms with Gasteiger partial charge in [-0.1, -0.05) is 47.5 Å². The first-order valence-corrected chi connectivity index (χ1v) is 9.66. The van der Waals surface area contributed by atoms with Crippen LogP contribution in [0.5, 0.6) is 5.75 Å². The molecule has 5 nitrogen and oxygen atoms in total. The van der Waals surface area contributed by atoms with E-state index in [1.165, 1.54) is 5.56 Å². The smallest absolute Gasteiger partial charge is 0.242 e. The number of carbonyl (C=O) groups is 2. The third-order valence-corrected chi connectivity index (χ3v) is 4.67. The largest absolute Gasteiger partial charge is 0.494 e. The van der Waals surface area contributed by atoms with Crippen LogP contribution in [0.4, 0.5) is 0 Å². The van der Waals surface area contributed by atoms with E-state index in [1.54, 1.807) is 18.9 Å². The minimum Gasteiger partial charge on any atom is -0.494 e. The van der Waals surface area contributed by atoms with Crippen LogP contribution < -0.4 is 10.1 Å². The molecule has 0 aliphatic heterocycles. The summed E-state index contributed by atoms with van der Waals surface area (Å²) in [5, 5.41) is 2.63. The molecule has 0 aromatic heterocycles. The summed E-state index contributed by atoms with van der Waals surface area (Å²) >= 11 is 0. The highest BCUT2D eigenvalue weighted by Crippen LogP contribution is 2.15. The Balaban J connectivity index is 1.95. The van der Waals surface area contributed by atoms with Crippen LogP contribution >= 0.6 is 0 Å². The predicted octanol–water partition coefficient (Wildman–Crippen LogP) is 3.63. The monoisotopic (exact) mass is 382 g/mol. The van der Waals surface area contributed by atoms with Crippen LogP contribution in [0.2, 0.25) is 0 Å². The summed E-state index contributed by atoms with van der Waals surface area (Å²) in [5.41, 5.74) is 3.32.